The summed E-state index contributed by atoms with van der Waals surface area (Å²) in [4.78, 5) is 0. The molecule has 0 aromatic heterocycles. The molecule has 0 unspecified atom stereocenters. The topological polar surface area (TPSA) is 0 Å². The molecule has 0 aliphatic heterocycles. The number of rotatable bonds is 4. The molecule has 20 heavy (non-hydrogen) atoms. The Balaban J connectivity index is 0.00000200. The van der Waals surface area contributed by atoms with Gasteiger partial charge in [0.05, 0.1) is 0 Å². The van der Waals surface area contributed by atoms with Crippen molar-refractivity contribution >= 4 is 0 Å². The molecule has 108 valence electrons. The van der Waals surface area contributed by atoms with E-state index in [1.54, 1.807) is 0 Å². The van der Waals surface area contributed by atoms with Crippen molar-refractivity contribution in [3.63, 3.8) is 0 Å². The second-order valence-electron chi connectivity index (χ2n) is 5.77. The summed E-state index contributed by atoms with van der Waals surface area (Å²) >= 11 is -0.0252. The monoisotopic (exact) mass is 400 g/mol. The Morgan fingerprint density at radius 1 is 0.600 bits per heavy atom. The van der Waals surface area contributed by atoms with Gasteiger partial charge < -0.3 is 12.4 Å². The van der Waals surface area contributed by atoms with E-state index in [-0.39, 0.29) is 33.6 Å². The van der Waals surface area contributed by atoms with E-state index in [0.717, 1.165) is 0 Å². The molecule has 0 atom stereocenters. The van der Waals surface area contributed by atoms with Gasteiger partial charge in [-0.05, 0) is 27.7 Å². The molecule has 0 bridgehead atoms. The van der Waals surface area contributed by atoms with E-state index >= 15 is 0 Å². The maximum absolute atomic E-state index is 2.39. The molecule has 2 rings (SSSR count). The first-order chi connectivity index (χ1) is 8.92. The van der Waals surface area contributed by atoms with Crippen molar-refractivity contribution in [1.29, 1.82) is 0 Å². The summed E-state index contributed by atoms with van der Waals surface area (Å²) < 4.78 is 0.582. The molecule has 0 radical (unpaired) electrons. The van der Waals surface area contributed by atoms with Crippen molar-refractivity contribution in [2.24, 2.45) is 0 Å². The Kier molecular flexibility index (Phi) is 6.08. The first-order valence-corrected chi connectivity index (χ1v) is 8.86. The normalized spacial score (nSPS) is 11.8. The van der Waals surface area contributed by atoms with Gasteiger partial charge in [-0.1, -0.05) is 60.7 Å². The van der Waals surface area contributed by atoms with E-state index in [9.17, 15) is 0 Å². The lowest BCUT2D eigenvalue weighted by molar-refractivity contribution is -0.795. The minimum atomic E-state index is -0.0252. The average Bonchev–Trinajstić information content (AvgIpc) is 2.40. The van der Waals surface area contributed by atoms with Gasteiger partial charge in [-0.25, -0.2) is 0 Å². The molecule has 0 saturated heterocycles. The lowest BCUT2D eigenvalue weighted by atomic mass is 10.0. The van der Waals surface area contributed by atoms with Crippen LogP contribution in [0.1, 0.15) is 38.8 Å². The predicted octanol–water partition coefficient (Wildman–Crippen LogP) is -1.05. The van der Waals surface area contributed by atoms with Crippen molar-refractivity contribution in [2.75, 3.05) is 0 Å². The second kappa shape index (κ2) is 6.95. The van der Waals surface area contributed by atoms with Crippen molar-refractivity contribution < 1.29 is 33.6 Å². The third-order valence-electron chi connectivity index (χ3n) is 3.39. The van der Waals surface area contributed by atoms with Crippen LogP contribution in [0.25, 0.3) is 0 Å². The zero-order valence-electron chi connectivity index (χ0n) is 12.5. The number of alkyl halides is 2. The van der Waals surface area contributed by atoms with Crippen LogP contribution in [0, 0.1) is 0 Å². The van der Waals surface area contributed by atoms with Crippen LogP contribution in [-0.2, 0) is 6.84 Å². The van der Waals surface area contributed by atoms with Crippen molar-refractivity contribution in [2.45, 2.75) is 34.5 Å². The van der Waals surface area contributed by atoms with Gasteiger partial charge in [0.2, 0.25) is 0 Å². The zero-order chi connectivity index (χ0) is 13.9. The molecule has 0 heterocycles. The molecule has 0 saturated carbocycles. The fourth-order valence-electron chi connectivity index (χ4n) is 2.37. The van der Waals surface area contributed by atoms with E-state index in [1.165, 1.54) is 11.1 Å². The highest BCUT2D eigenvalue weighted by Gasteiger charge is 2.47. The largest absolute Gasteiger partial charge is 1.00 e. The van der Waals surface area contributed by atoms with Gasteiger partial charge in [-0.3, -0.25) is 0 Å². The highest BCUT2D eigenvalue weighted by molar-refractivity contribution is 5.22. The summed E-state index contributed by atoms with van der Waals surface area (Å²) in [6, 6.07) is 21.9. The Labute approximate surface area is 139 Å². The van der Waals surface area contributed by atoms with Crippen LogP contribution in [0.4, 0.5) is 0 Å². The van der Waals surface area contributed by atoms with Gasteiger partial charge in [0.1, 0.15) is 0 Å². The fourth-order valence-corrected chi connectivity index (χ4v) is 7.08. The predicted molar refractivity (Wildman–Crippen MR) is 78.9 cm³/mol. The van der Waals surface area contributed by atoms with Gasteiger partial charge in [0.15, 0.2) is 6.84 Å². The van der Waals surface area contributed by atoms with Crippen molar-refractivity contribution in [3.05, 3.63) is 71.8 Å². The van der Waals surface area contributed by atoms with Crippen molar-refractivity contribution in [3.8, 4) is 0 Å². The van der Waals surface area contributed by atoms with E-state index < -0.39 is 0 Å². The van der Waals surface area contributed by atoms with E-state index in [4.69, 9.17) is 0 Å². The third-order valence-corrected chi connectivity index (χ3v) is 7.34. The molecule has 0 aliphatic carbocycles. The Morgan fingerprint density at radius 2 is 0.900 bits per heavy atom. The third kappa shape index (κ3) is 4.23. The maximum Gasteiger partial charge on any atom is 0.291 e. The van der Waals surface area contributed by atoms with Gasteiger partial charge in [0.25, 0.3) is 21.2 Å². The van der Waals surface area contributed by atoms with Crippen LogP contribution in [0.5, 0.6) is 0 Å². The van der Waals surface area contributed by atoms with Crippen LogP contribution >= 0.6 is 0 Å². The highest BCUT2D eigenvalue weighted by atomic mass is 127. The van der Waals surface area contributed by atoms with Crippen LogP contribution in [0.15, 0.2) is 60.7 Å². The summed E-state index contributed by atoms with van der Waals surface area (Å²) in [7, 11) is 0. The molecular formula is C18H22ClI. The quantitative estimate of drug-likeness (QED) is 0.454. The average molecular weight is 401 g/mol. The molecule has 2 aromatic rings. The first kappa shape index (κ1) is 17.5. The molecule has 0 aliphatic rings. The SMILES string of the molecule is CC(C)([I+]C(C)(C)c1ccccc1)c1ccccc1.[Cl-]. The Morgan fingerprint density at radius 3 is 1.20 bits per heavy atom. The number of benzene rings is 2. The Hall–Kier alpha value is -0.540. The second-order valence-corrected chi connectivity index (χ2v) is 11.7. The van der Waals surface area contributed by atoms with E-state index in [1.807, 2.05) is 0 Å². The molecule has 0 nitrogen and oxygen atoms in total. The zero-order valence-corrected chi connectivity index (χ0v) is 15.4. The molecule has 0 spiro atoms. The molecule has 0 fully saturated rings. The maximum atomic E-state index is 2.39. The lowest BCUT2D eigenvalue weighted by Crippen LogP contribution is -3.71. The smallest absolute Gasteiger partial charge is 0.291 e. The summed E-state index contributed by atoms with van der Waals surface area (Å²) in [6.45, 7) is 9.56. The minimum Gasteiger partial charge on any atom is -1.00 e. The molecular weight excluding hydrogens is 379 g/mol. The molecule has 0 amide bonds. The van der Waals surface area contributed by atoms with Crippen LogP contribution in [0.2, 0.25) is 0 Å². The highest BCUT2D eigenvalue weighted by Crippen LogP contribution is 2.17. The summed E-state index contributed by atoms with van der Waals surface area (Å²) in [5, 5.41) is 0. The van der Waals surface area contributed by atoms with Gasteiger partial charge in [0, 0.05) is 11.1 Å². The van der Waals surface area contributed by atoms with Crippen molar-refractivity contribution in [1.82, 2.24) is 0 Å². The molecule has 2 aromatic carbocycles. The summed E-state index contributed by atoms with van der Waals surface area (Å²) in [5.74, 6) is 0. The number of halogens is 2. The lowest BCUT2D eigenvalue weighted by Gasteiger charge is -2.21. The number of hydrogen-bond donors (Lipinski definition) is 0. The minimum absolute atomic E-state index is 0. The molecule has 2 heteroatoms. The van der Waals surface area contributed by atoms with Crippen LogP contribution in [0.3, 0.4) is 0 Å². The standard InChI is InChI=1S/C18H22I.ClH/c1-17(2,15-11-7-5-8-12-15)19-18(3,4)16-13-9-6-10-14-16;/h5-14H,1-4H3;1H/q+1;/p-1. The summed E-state index contributed by atoms with van der Waals surface area (Å²) in [5.41, 5.74) is 2.93. The molecule has 0 N–H and O–H groups in total. The summed E-state index contributed by atoms with van der Waals surface area (Å²) in [6.07, 6.45) is 0. The van der Waals surface area contributed by atoms with Gasteiger partial charge in [-0.2, -0.15) is 0 Å². The van der Waals surface area contributed by atoms with Crippen LogP contribution in [-0.4, -0.2) is 0 Å². The van der Waals surface area contributed by atoms with E-state index in [0.29, 0.717) is 6.84 Å². The number of hydrogen-bond acceptors (Lipinski definition) is 0. The van der Waals surface area contributed by atoms with Crippen LogP contribution < -0.4 is 33.6 Å². The first-order valence-electron chi connectivity index (χ1n) is 6.70. The van der Waals surface area contributed by atoms with Gasteiger partial charge >= 0.3 is 0 Å². The van der Waals surface area contributed by atoms with Gasteiger partial charge in [-0.15, -0.1) is 0 Å². The Bertz CT molecular complexity index is 468. The van der Waals surface area contributed by atoms with E-state index in [2.05, 4.69) is 88.4 Å². The fraction of sp³-hybridized carbons (Fsp3) is 0.333.